The van der Waals surface area contributed by atoms with E-state index in [1.54, 1.807) is 12.1 Å². The number of nitrogens with zero attached hydrogens (tertiary/aromatic N) is 5. The Balaban J connectivity index is 1.92. The third-order valence-corrected chi connectivity index (χ3v) is 4.45. The Labute approximate surface area is 158 Å². The molecule has 28 heavy (non-hydrogen) atoms. The summed E-state index contributed by atoms with van der Waals surface area (Å²) in [6.45, 7) is 3.91. The summed E-state index contributed by atoms with van der Waals surface area (Å²) in [7, 11) is 0. The lowest BCUT2D eigenvalue weighted by Crippen LogP contribution is -2.29. The van der Waals surface area contributed by atoms with Crippen molar-refractivity contribution in [3.8, 4) is 0 Å². The molecule has 0 spiro atoms. The lowest BCUT2D eigenvalue weighted by Gasteiger charge is -2.21. The number of rotatable bonds is 5. The Morgan fingerprint density at radius 1 is 1.07 bits per heavy atom. The number of halogens is 2. The fraction of sp³-hybridized carbons (Fsp3) is 0.100. The minimum atomic E-state index is -3.45. The molecule has 0 bridgehead atoms. The number of hydrogen-bond donors (Lipinski definition) is 0. The Bertz CT molecular complexity index is 1210. The molecule has 2 aromatic carbocycles. The number of fused-ring (bicyclic) bond motifs is 1. The first-order valence-electron chi connectivity index (χ1n) is 8.47. The Hall–Kier alpha value is -3.68. The van der Waals surface area contributed by atoms with Crippen LogP contribution in [0, 0.1) is 0 Å². The van der Waals surface area contributed by atoms with Gasteiger partial charge < -0.3 is 0 Å². The highest BCUT2D eigenvalue weighted by Crippen LogP contribution is 2.31. The molecule has 0 saturated carbocycles. The molecule has 2 heterocycles. The minimum absolute atomic E-state index is 0.104. The topological polar surface area (TPSA) is 65.6 Å². The van der Waals surface area contributed by atoms with Gasteiger partial charge in [-0.3, -0.25) is 4.79 Å². The van der Waals surface area contributed by atoms with Crippen molar-refractivity contribution in [1.82, 2.24) is 24.5 Å². The second-order valence-corrected chi connectivity index (χ2v) is 6.15. The van der Waals surface area contributed by atoms with E-state index in [1.807, 2.05) is 24.3 Å². The number of benzene rings is 2. The predicted octanol–water partition coefficient (Wildman–Crippen LogP) is 3.28. The van der Waals surface area contributed by atoms with Gasteiger partial charge in [-0.2, -0.15) is 13.8 Å². The number of alkyl halides is 2. The van der Waals surface area contributed by atoms with Crippen molar-refractivity contribution in [2.24, 2.45) is 0 Å². The average Bonchev–Trinajstić information content (AvgIpc) is 3.14. The van der Waals surface area contributed by atoms with Crippen molar-refractivity contribution in [2.75, 3.05) is 0 Å². The molecule has 0 N–H and O–H groups in total. The second kappa shape index (κ2) is 6.80. The molecule has 0 atom stereocenters. The molecule has 0 aliphatic rings. The van der Waals surface area contributed by atoms with Gasteiger partial charge in [-0.1, -0.05) is 72.5 Å². The maximum Gasteiger partial charge on any atom is 0.358 e. The van der Waals surface area contributed by atoms with Crippen LogP contribution in [0.4, 0.5) is 8.78 Å². The molecule has 6 nitrogen and oxygen atoms in total. The zero-order valence-corrected chi connectivity index (χ0v) is 14.7. The van der Waals surface area contributed by atoms with Gasteiger partial charge in [0.2, 0.25) is 0 Å². The summed E-state index contributed by atoms with van der Waals surface area (Å²) in [5, 5.41) is 7.73. The molecule has 0 aliphatic carbocycles. The third kappa shape index (κ3) is 2.88. The summed E-state index contributed by atoms with van der Waals surface area (Å²) >= 11 is 0. The summed E-state index contributed by atoms with van der Waals surface area (Å²) in [5.41, 5.74) is 0.383. The molecule has 8 heteroatoms. The third-order valence-electron chi connectivity index (χ3n) is 4.45. The van der Waals surface area contributed by atoms with Gasteiger partial charge in [0.05, 0.1) is 6.54 Å². The van der Waals surface area contributed by atoms with Crippen LogP contribution in [0.25, 0.3) is 17.2 Å². The van der Waals surface area contributed by atoms with Gasteiger partial charge >= 0.3 is 11.6 Å². The Morgan fingerprint density at radius 2 is 1.79 bits per heavy atom. The zero-order valence-electron chi connectivity index (χ0n) is 14.7. The smallest absolute Gasteiger partial charge is 0.265 e. The van der Waals surface area contributed by atoms with Crippen molar-refractivity contribution in [1.29, 1.82) is 0 Å². The van der Waals surface area contributed by atoms with Crippen LogP contribution in [-0.2, 0) is 12.6 Å². The summed E-state index contributed by atoms with van der Waals surface area (Å²) in [6, 6.07) is 11.2. The summed E-state index contributed by atoms with van der Waals surface area (Å²) in [6.07, 6.45) is 2.50. The molecular formula is C20H15F2N5O. The normalized spacial score (nSPS) is 11.6. The molecule has 0 amide bonds. The highest BCUT2D eigenvalue weighted by Gasteiger charge is 2.36. The van der Waals surface area contributed by atoms with E-state index in [-0.39, 0.29) is 23.3 Å². The molecule has 0 unspecified atom stereocenters. The van der Waals surface area contributed by atoms with Gasteiger partial charge in [-0.15, -0.1) is 5.10 Å². The molecule has 0 radical (unpaired) electrons. The van der Waals surface area contributed by atoms with Crippen LogP contribution in [0.1, 0.15) is 16.7 Å². The van der Waals surface area contributed by atoms with E-state index >= 15 is 8.78 Å². The first-order valence-corrected chi connectivity index (χ1v) is 8.47. The monoisotopic (exact) mass is 379 g/mol. The quantitative estimate of drug-likeness (QED) is 0.534. The first kappa shape index (κ1) is 17.7. The fourth-order valence-corrected chi connectivity index (χ4v) is 3.04. The van der Waals surface area contributed by atoms with Gasteiger partial charge in [0.1, 0.15) is 6.33 Å². The Morgan fingerprint density at radius 3 is 2.54 bits per heavy atom. The van der Waals surface area contributed by atoms with Gasteiger partial charge in [-0.05, 0) is 11.1 Å². The van der Waals surface area contributed by atoms with Crippen molar-refractivity contribution < 1.29 is 8.78 Å². The maximum atomic E-state index is 15.2. The van der Waals surface area contributed by atoms with E-state index in [1.165, 1.54) is 28.9 Å². The molecular weight excluding hydrogens is 364 g/mol. The van der Waals surface area contributed by atoms with Gasteiger partial charge in [-0.25, -0.2) is 9.25 Å². The highest BCUT2D eigenvalue weighted by molar-refractivity contribution is 5.69. The van der Waals surface area contributed by atoms with Gasteiger partial charge in [0, 0.05) is 5.56 Å². The highest BCUT2D eigenvalue weighted by atomic mass is 19.3. The molecule has 140 valence electrons. The molecule has 0 aliphatic heterocycles. The van der Waals surface area contributed by atoms with Crippen molar-refractivity contribution >= 4 is 17.2 Å². The molecule has 0 saturated heterocycles. The van der Waals surface area contributed by atoms with Crippen LogP contribution < -0.4 is 5.56 Å². The van der Waals surface area contributed by atoms with E-state index < -0.39 is 11.6 Å². The van der Waals surface area contributed by atoms with Crippen LogP contribution in [-0.4, -0.2) is 24.5 Å². The van der Waals surface area contributed by atoms with E-state index in [4.69, 9.17) is 0 Å². The number of aromatic nitrogens is 5. The van der Waals surface area contributed by atoms with Crippen LogP contribution in [0.2, 0.25) is 0 Å². The maximum absolute atomic E-state index is 15.2. The van der Waals surface area contributed by atoms with E-state index in [0.717, 1.165) is 17.5 Å². The van der Waals surface area contributed by atoms with Crippen molar-refractivity contribution in [3.05, 3.63) is 94.5 Å². The number of hydrogen-bond acceptors (Lipinski definition) is 4. The van der Waals surface area contributed by atoms with Crippen molar-refractivity contribution in [2.45, 2.75) is 12.6 Å². The van der Waals surface area contributed by atoms with Crippen LogP contribution in [0.3, 0.4) is 0 Å². The molecule has 2 aromatic heterocycles. The zero-order chi connectivity index (χ0) is 19.7. The molecule has 4 rings (SSSR count). The van der Waals surface area contributed by atoms with E-state index in [2.05, 4.69) is 21.9 Å². The van der Waals surface area contributed by atoms with E-state index in [0.29, 0.717) is 4.57 Å². The first-order chi connectivity index (χ1) is 13.5. The summed E-state index contributed by atoms with van der Waals surface area (Å²) in [5.74, 6) is 0. The van der Waals surface area contributed by atoms with Crippen LogP contribution in [0.15, 0.2) is 72.3 Å². The van der Waals surface area contributed by atoms with Gasteiger partial charge in [0.15, 0.2) is 11.2 Å². The lowest BCUT2D eigenvalue weighted by atomic mass is 10.1. The molecule has 4 aromatic rings. The van der Waals surface area contributed by atoms with Gasteiger partial charge in [0.25, 0.3) is 0 Å². The summed E-state index contributed by atoms with van der Waals surface area (Å²) < 4.78 is 32.4. The summed E-state index contributed by atoms with van der Waals surface area (Å²) in [4.78, 5) is 15.6. The van der Waals surface area contributed by atoms with Crippen molar-refractivity contribution in [3.63, 3.8) is 0 Å². The van der Waals surface area contributed by atoms with Crippen LogP contribution in [0.5, 0.6) is 0 Å². The SMILES string of the molecule is C=Cc1ccccc1Cn1nnc2c(=O)ncn(C(F)(F)c3ccccc3)c21. The van der Waals surface area contributed by atoms with Crippen LogP contribution >= 0.6 is 0 Å². The lowest BCUT2D eigenvalue weighted by molar-refractivity contribution is -0.0344. The fourth-order valence-electron chi connectivity index (χ4n) is 3.04. The average molecular weight is 379 g/mol. The second-order valence-electron chi connectivity index (χ2n) is 6.15. The molecule has 0 fully saturated rings. The standard InChI is InChI=1S/C20H15F2N5O/c1-2-14-8-6-7-9-15(14)12-27-19-17(24-25-27)18(28)23-13-26(19)20(21,22)16-10-4-3-5-11-16/h2-11,13H,1,12H2. The Kier molecular flexibility index (Phi) is 4.31. The minimum Gasteiger partial charge on any atom is -0.265 e. The predicted molar refractivity (Wildman–Crippen MR) is 101 cm³/mol. The largest absolute Gasteiger partial charge is 0.358 e. The van der Waals surface area contributed by atoms with E-state index in [9.17, 15) is 4.79 Å².